The molecule has 4 nitrogen and oxygen atoms in total. The third-order valence-corrected chi connectivity index (χ3v) is 5.10. The number of carbonyl (C=O) groups is 1. The Bertz CT molecular complexity index is 867. The SMILES string of the molecule is O=C(O)CSc1ncnc2cc(-c3ccc(F)c(F)c3)sc12. The number of nitrogens with zero attached hydrogens (tertiary/aromatic N) is 2. The third kappa shape index (κ3) is 2.93. The molecule has 8 heteroatoms. The summed E-state index contributed by atoms with van der Waals surface area (Å²) in [5.74, 6) is -2.86. The summed E-state index contributed by atoms with van der Waals surface area (Å²) in [6, 6.07) is 5.43. The van der Waals surface area contributed by atoms with E-state index in [4.69, 9.17) is 5.11 Å². The molecule has 0 bridgehead atoms. The number of thioether (sulfide) groups is 1. The van der Waals surface area contributed by atoms with Gasteiger partial charge in [-0.1, -0.05) is 17.8 Å². The van der Waals surface area contributed by atoms with Crippen molar-refractivity contribution in [2.45, 2.75) is 5.03 Å². The van der Waals surface area contributed by atoms with Gasteiger partial charge in [-0.3, -0.25) is 4.79 Å². The normalized spacial score (nSPS) is 11.0. The Morgan fingerprint density at radius 3 is 2.77 bits per heavy atom. The minimum Gasteiger partial charge on any atom is -0.481 e. The van der Waals surface area contributed by atoms with E-state index in [2.05, 4.69) is 9.97 Å². The van der Waals surface area contributed by atoms with Crippen molar-refractivity contribution in [3.05, 3.63) is 42.2 Å². The molecule has 112 valence electrons. The van der Waals surface area contributed by atoms with Gasteiger partial charge in [-0.05, 0) is 23.8 Å². The van der Waals surface area contributed by atoms with Crippen molar-refractivity contribution in [2.24, 2.45) is 0 Å². The lowest BCUT2D eigenvalue weighted by Gasteiger charge is -1.98. The standard InChI is InChI=1S/C14H8F2N2O2S2/c15-8-2-1-7(3-9(8)16)11-4-10-13(22-11)14(18-6-17-10)21-5-12(19)20/h1-4,6H,5H2,(H,19,20). The summed E-state index contributed by atoms with van der Waals surface area (Å²) in [5.41, 5.74) is 1.18. The Labute approximate surface area is 131 Å². The summed E-state index contributed by atoms with van der Waals surface area (Å²) in [6.07, 6.45) is 1.36. The van der Waals surface area contributed by atoms with Crippen molar-refractivity contribution in [3.63, 3.8) is 0 Å². The van der Waals surface area contributed by atoms with Crippen molar-refractivity contribution in [3.8, 4) is 10.4 Å². The minimum atomic E-state index is -0.936. The number of rotatable bonds is 4. The van der Waals surface area contributed by atoms with Gasteiger partial charge in [0.2, 0.25) is 0 Å². The fourth-order valence-corrected chi connectivity index (χ4v) is 3.77. The molecule has 0 saturated carbocycles. The van der Waals surface area contributed by atoms with Crippen molar-refractivity contribution < 1.29 is 18.7 Å². The molecule has 0 aliphatic carbocycles. The second kappa shape index (κ2) is 5.98. The van der Waals surface area contributed by atoms with Crippen LogP contribution in [0.25, 0.3) is 20.7 Å². The molecule has 0 amide bonds. The molecule has 0 saturated heterocycles. The van der Waals surface area contributed by atoms with Crippen LogP contribution in [0, 0.1) is 11.6 Å². The quantitative estimate of drug-likeness (QED) is 0.579. The predicted octanol–water partition coefficient (Wildman–Crippen LogP) is 3.81. The summed E-state index contributed by atoms with van der Waals surface area (Å²) in [7, 11) is 0. The number of aliphatic carboxylic acids is 1. The number of fused-ring (bicyclic) bond motifs is 1. The van der Waals surface area contributed by atoms with Crippen LogP contribution < -0.4 is 0 Å². The molecule has 2 aromatic heterocycles. The molecule has 0 aliphatic rings. The molecular weight excluding hydrogens is 330 g/mol. The second-order valence-electron chi connectivity index (χ2n) is 4.32. The van der Waals surface area contributed by atoms with Gasteiger partial charge in [-0.25, -0.2) is 18.7 Å². The zero-order chi connectivity index (χ0) is 15.7. The summed E-state index contributed by atoms with van der Waals surface area (Å²) >= 11 is 2.41. The van der Waals surface area contributed by atoms with Crippen LogP contribution in [0.15, 0.2) is 35.6 Å². The lowest BCUT2D eigenvalue weighted by Crippen LogP contribution is -1.98. The summed E-state index contributed by atoms with van der Waals surface area (Å²) in [4.78, 5) is 19.6. The number of halogens is 2. The average molecular weight is 338 g/mol. The Morgan fingerprint density at radius 2 is 2.05 bits per heavy atom. The molecule has 0 fully saturated rings. The lowest BCUT2D eigenvalue weighted by molar-refractivity contribution is -0.133. The van der Waals surface area contributed by atoms with E-state index >= 15 is 0 Å². The van der Waals surface area contributed by atoms with Crippen LogP contribution in [0.5, 0.6) is 0 Å². The van der Waals surface area contributed by atoms with Gasteiger partial charge in [0.15, 0.2) is 11.6 Å². The number of hydrogen-bond acceptors (Lipinski definition) is 5. The topological polar surface area (TPSA) is 63.1 Å². The summed E-state index contributed by atoms with van der Waals surface area (Å²) in [6.45, 7) is 0. The van der Waals surface area contributed by atoms with Gasteiger partial charge in [-0.2, -0.15) is 0 Å². The Balaban J connectivity index is 2.03. The predicted molar refractivity (Wildman–Crippen MR) is 81.1 cm³/mol. The number of hydrogen-bond donors (Lipinski definition) is 1. The molecular formula is C14H8F2N2O2S2. The van der Waals surface area contributed by atoms with Crippen LogP contribution in [0.1, 0.15) is 0 Å². The molecule has 3 rings (SSSR count). The van der Waals surface area contributed by atoms with Crippen LogP contribution in [0.3, 0.4) is 0 Å². The van der Waals surface area contributed by atoms with Gasteiger partial charge < -0.3 is 5.11 Å². The van der Waals surface area contributed by atoms with Crippen LogP contribution in [-0.2, 0) is 4.79 Å². The number of aromatic nitrogens is 2. The lowest BCUT2D eigenvalue weighted by atomic mass is 10.2. The van der Waals surface area contributed by atoms with E-state index in [1.165, 1.54) is 23.7 Å². The van der Waals surface area contributed by atoms with Crippen molar-refractivity contribution >= 4 is 39.3 Å². The maximum Gasteiger partial charge on any atom is 0.313 e. The van der Waals surface area contributed by atoms with E-state index < -0.39 is 17.6 Å². The van der Waals surface area contributed by atoms with E-state index in [1.807, 2.05) is 0 Å². The number of thiophene rings is 1. The maximum atomic E-state index is 13.3. The molecule has 0 aliphatic heterocycles. The zero-order valence-electron chi connectivity index (χ0n) is 10.9. The third-order valence-electron chi connectivity index (χ3n) is 2.82. The molecule has 2 heterocycles. The average Bonchev–Trinajstić information content (AvgIpc) is 2.92. The molecule has 1 aromatic carbocycles. The van der Waals surface area contributed by atoms with Gasteiger partial charge >= 0.3 is 5.97 Å². The zero-order valence-corrected chi connectivity index (χ0v) is 12.5. The summed E-state index contributed by atoms with van der Waals surface area (Å²) in [5, 5.41) is 9.31. The van der Waals surface area contributed by atoms with Crippen LogP contribution in [-0.4, -0.2) is 26.8 Å². The Hall–Kier alpha value is -2.06. The molecule has 22 heavy (non-hydrogen) atoms. The van der Waals surface area contributed by atoms with Gasteiger partial charge in [-0.15, -0.1) is 11.3 Å². The second-order valence-corrected chi connectivity index (χ2v) is 6.33. The molecule has 1 N–H and O–H groups in total. The number of benzene rings is 1. The first-order valence-corrected chi connectivity index (χ1v) is 7.89. The van der Waals surface area contributed by atoms with E-state index in [0.717, 1.165) is 28.6 Å². The number of carboxylic acid groups (broad SMARTS) is 1. The van der Waals surface area contributed by atoms with Crippen LogP contribution >= 0.6 is 23.1 Å². The molecule has 0 atom stereocenters. The highest BCUT2D eigenvalue weighted by Gasteiger charge is 2.13. The summed E-state index contributed by atoms with van der Waals surface area (Å²) < 4.78 is 27.1. The molecule has 0 spiro atoms. The van der Waals surface area contributed by atoms with Crippen molar-refractivity contribution in [1.82, 2.24) is 9.97 Å². The van der Waals surface area contributed by atoms with E-state index in [9.17, 15) is 13.6 Å². The van der Waals surface area contributed by atoms with E-state index in [0.29, 0.717) is 21.0 Å². The van der Waals surface area contributed by atoms with Gasteiger partial charge in [0.05, 0.1) is 16.0 Å². The van der Waals surface area contributed by atoms with Crippen LogP contribution in [0.4, 0.5) is 8.78 Å². The Morgan fingerprint density at radius 1 is 1.23 bits per heavy atom. The monoisotopic (exact) mass is 338 g/mol. The highest BCUT2D eigenvalue weighted by molar-refractivity contribution is 8.00. The maximum absolute atomic E-state index is 13.3. The molecule has 0 radical (unpaired) electrons. The smallest absolute Gasteiger partial charge is 0.313 e. The molecule has 0 unspecified atom stereocenters. The first kappa shape index (κ1) is 14.9. The van der Waals surface area contributed by atoms with Crippen molar-refractivity contribution in [1.29, 1.82) is 0 Å². The first-order valence-electron chi connectivity index (χ1n) is 6.09. The fourth-order valence-electron chi connectivity index (χ4n) is 1.86. The first-order chi connectivity index (χ1) is 10.5. The van der Waals surface area contributed by atoms with Crippen LogP contribution in [0.2, 0.25) is 0 Å². The highest BCUT2D eigenvalue weighted by atomic mass is 32.2. The number of carboxylic acids is 1. The fraction of sp³-hybridized carbons (Fsp3) is 0.0714. The van der Waals surface area contributed by atoms with Gasteiger partial charge in [0.25, 0.3) is 0 Å². The highest BCUT2D eigenvalue weighted by Crippen LogP contribution is 2.37. The Kier molecular flexibility index (Phi) is 4.04. The van der Waals surface area contributed by atoms with E-state index in [1.54, 1.807) is 6.07 Å². The largest absolute Gasteiger partial charge is 0.481 e. The molecule has 3 aromatic rings. The van der Waals surface area contributed by atoms with Gasteiger partial charge in [0.1, 0.15) is 11.4 Å². The van der Waals surface area contributed by atoms with Gasteiger partial charge in [0, 0.05) is 4.88 Å². The minimum absolute atomic E-state index is 0.107. The van der Waals surface area contributed by atoms with Crippen molar-refractivity contribution in [2.75, 3.05) is 5.75 Å². The van der Waals surface area contributed by atoms with E-state index in [-0.39, 0.29) is 5.75 Å².